The Kier molecular flexibility index (Phi) is 7.69. The van der Waals surface area contributed by atoms with Gasteiger partial charge in [-0.2, -0.15) is 0 Å². The molecule has 5 heteroatoms. The summed E-state index contributed by atoms with van der Waals surface area (Å²) in [5.74, 6) is 0.512. The zero-order valence-corrected chi connectivity index (χ0v) is 12.3. The molecule has 0 N–H and O–H groups in total. The van der Waals surface area contributed by atoms with E-state index in [-0.39, 0.29) is 6.61 Å². The van der Waals surface area contributed by atoms with Gasteiger partial charge in [-0.15, -0.1) is 0 Å². The number of rotatable bonds is 8. The fourth-order valence-corrected chi connectivity index (χ4v) is 1.58. The molecule has 0 aliphatic heterocycles. The van der Waals surface area contributed by atoms with Gasteiger partial charge in [0.1, 0.15) is 12.4 Å². The molecule has 0 bridgehead atoms. The van der Waals surface area contributed by atoms with Gasteiger partial charge >= 0.3 is 6.16 Å². The largest absolute Gasteiger partial charge is 0.513 e. The SMILES string of the molecule is CCOCCOCCOC(=O)Oc1ccc(C)cc1C. The third-order valence-electron chi connectivity index (χ3n) is 2.55. The first kappa shape index (κ1) is 16.5. The number of carbonyl (C=O) groups excluding carboxylic acids is 1. The molecule has 0 amide bonds. The molecule has 0 heterocycles. The Morgan fingerprint density at radius 2 is 1.75 bits per heavy atom. The maximum absolute atomic E-state index is 11.5. The van der Waals surface area contributed by atoms with Crippen LogP contribution in [0.3, 0.4) is 0 Å². The average molecular weight is 282 g/mol. The van der Waals surface area contributed by atoms with Gasteiger partial charge in [-0.1, -0.05) is 17.7 Å². The van der Waals surface area contributed by atoms with Gasteiger partial charge in [0.2, 0.25) is 0 Å². The molecule has 0 aromatic heterocycles. The van der Waals surface area contributed by atoms with Crippen LogP contribution in [0.5, 0.6) is 5.75 Å². The van der Waals surface area contributed by atoms with Crippen molar-refractivity contribution in [2.45, 2.75) is 20.8 Å². The van der Waals surface area contributed by atoms with Crippen LogP contribution < -0.4 is 4.74 Å². The molecule has 0 saturated carbocycles. The van der Waals surface area contributed by atoms with E-state index < -0.39 is 6.16 Å². The highest BCUT2D eigenvalue weighted by atomic mass is 16.7. The zero-order valence-electron chi connectivity index (χ0n) is 12.3. The summed E-state index contributed by atoms with van der Waals surface area (Å²) >= 11 is 0. The number of ether oxygens (including phenoxy) is 4. The topological polar surface area (TPSA) is 54.0 Å². The normalized spacial score (nSPS) is 10.3. The molecule has 0 radical (unpaired) electrons. The van der Waals surface area contributed by atoms with Crippen LogP contribution in [0.25, 0.3) is 0 Å². The van der Waals surface area contributed by atoms with E-state index in [2.05, 4.69) is 0 Å². The molecule has 112 valence electrons. The van der Waals surface area contributed by atoms with E-state index in [0.717, 1.165) is 11.1 Å². The Morgan fingerprint density at radius 1 is 1.05 bits per heavy atom. The van der Waals surface area contributed by atoms with Crippen LogP contribution in [-0.4, -0.2) is 39.2 Å². The molecule has 1 aromatic rings. The molecule has 0 atom stereocenters. The average Bonchev–Trinajstić information content (AvgIpc) is 2.41. The summed E-state index contributed by atoms with van der Waals surface area (Å²) < 4.78 is 20.3. The highest BCUT2D eigenvalue weighted by Gasteiger charge is 2.08. The highest BCUT2D eigenvalue weighted by molar-refractivity contribution is 5.64. The maximum atomic E-state index is 11.5. The van der Waals surface area contributed by atoms with Crippen LogP contribution in [-0.2, 0) is 14.2 Å². The Bertz CT molecular complexity index is 417. The molecular formula is C15H22O5. The van der Waals surface area contributed by atoms with Crippen LogP contribution in [0.15, 0.2) is 18.2 Å². The lowest BCUT2D eigenvalue weighted by Gasteiger charge is -2.09. The van der Waals surface area contributed by atoms with Gasteiger partial charge in [0.15, 0.2) is 0 Å². The number of carbonyl (C=O) groups is 1. The first-order valence-corrected chi connectivity index (χ1v) is 6.71. The van der Waals surface area contributed by atoms with Gasteiger partial charge in [0.25, 0.3) is 0 Å². The summed E-state index contributed by atoms with van der Waals surface area (Å²) in [4.78, 5) is 11.5. The molecule has 20 heavy (non-hydrogen) atoms. The number of hydrogen-bond donors (Lipinski definition) is 0. The monoisotopic (exact) mass is 282 g/mol. The van der Waals surface area contributed by atoms with Crippen LogP contribution in [0.2, 0.25) is 0 Å². The summed E-state index contributed by atoms with van der Waals surface area (Å²) in [5.41, 5.74) is 2.01. The van der Waals surface area contributed by atoms with E-state index in [1.165, 1.54) is 0 Å². The van der Waals surface area contributed by atoms with Gasteiger partial charge in [0, 0.05) is 6.61 Å². The van der Waals surface area contributed by atoms with E-state index in [1.807, 2.05) is 32.9 Å². The molecule has 0 fully saturated rings. The van der Waals surface area contributed by atoms with Crippen LogP contribution in [0, 0.1) is 13.8 Å². The van der Waals surface area contributed by atoms with Crippen molar-refractivity contribution in [2.75, 3.05) is 33.0 Å². The van der Waals surface area contributed by atoms with Gasteiger partial charge in [-0.05, 0) is 32.4 Å². The molecule has 0 aliphatic carbocycles. The number of hydrogen-bond acceptors (Lipinski definition) is 5. The van der Waals surface area contributed by atoms with E-state index in [0.29, 0.717) is 32.2 Å². The molecule has 0 aliphatic rings. The fourth-order valence-electron chi connectivity index (χ4n) is 1.58. The minimum absolute atomic E-state index is 0.163. The molecule has 0 unspecified atom stereocenters. The van der Waals surface area contributed by atoms with Crippen molar-refractivity contribution in [3.05, 3.63) is 29.3 Å². The van der Waals surface area contributed by atoms with E-state index in [4.69, 9.17) is 18.9 Å². The van der Waals surface area contributed by atoms with Crippen LogP contribution in [0.4, 0.5) is 4.79 Å². The van der Waals surface area contributed by atoms with E-state index in [1.54, 1.807) is 6.07 Å². The second-order valence-corrected chi connectivity index (χ2v) is 4.28. The third kappa shape index (κ3) is 6.54. The smallest absolute Gasteiger partial charge is 0.432 e. The predicted octanol–water partition coefficient (Wildman–Crippen LogP) is 2.87. The van der Waals surface area contributed by atoms with Crippen molar-refractivity contribution in [3.8, 4) is 5.75 Å². The Balaban J connectivity index is 2.17. The molecule has 1 rings (SSSR count). The van der Waals surface area contributed by atoms with Crippen molar-refractivity contribution < 1.29 is 23.7 Å². The van der Waals surface area contributed by atoms with Gasteiger partial charge in [0.05, 0.1) is 19.8 Å². The maximum Gasteiger partial charge on any atom is 0.513 e. The first-order chi connectivity index (χ1) is 9.63. The Morgan fingerprint density at radius 3 is 2.45 bits per heavy atom. The minimum atomic E-state index is -0.717. The quantitative estimate of drug-likeness (QED) is 0.417. The number of benzene rings is 1. The van der Waals surface area contributed by atoms with Gasteiger partial charge < -0.3 is 18.9 Å². The van der Waals surface area contributed by atoms with Gasteiger partial charge in [-0.25, -0.2) is 4.79 Å². The fraction of sp³-hybridized carbons (Fsp3) is 0.533. The zero-order chi connectivity index (χ0) is 14.8. The van der Waals surface area contributed by atoms with Crippen LogP contribution >= 0.6 is 0 Å². The molecule has 1 aromatic carbocycles. The van der Waals surface area contributed by atoms with Crippen molar-refractivity contribution in [1.82, 2.24) is 0 Å². The summed E-state index contributed by atoms with van der Waals surface area (Å²) in [6.07, 6.45) is -0.717. The standard InChI is InChI=1S/C15H22O5/c1-4-17-7-8-18-9-10-19-15(16)20-14-6-5-12(2)11-13(14)3/h5-6,11H,4,7-10H2,1-3H3. The third-order valence-corrected chi connectivity index (χ3v) is 2.55. The predicted molar refractivity (Wildman–Crippen MR) is 75.2 cm³/mol. The molecule has 0 spiro atoms. The summed E-state index contributed by atoms with van der Waals surface area (Å²) in [6.45, 7) is 7.98. The second-order valence-electron chi connectivity index (χ2n) is 4.28. The summed E-state index contributed by atoms with van der Waals surface area (Å²) in [7, 11) is 0. The summed E-state index contributed by atoms with van der Waals surface area (Å²) in [6, 6.07) is 5.58. The number of aryl methyl sites for hydroxylation is 2. The van der Waals surface area contributed by atoms with Crippen molar-refractivity contribution in [2.24, 2.45) is 0 Å². The molecular weight excluding hydrogens is 260 g/mol. The molecule has 5 nitrogen and oxygen atoms in total. The minimum Gasteiger partial charge on any atom is -0.432 e. The lowest BCUT2D eigenvalue weighted by atomic mass is 10.1. The highest BCUT2D eigenvalue weighted by Crippen LogP contribution is 2.19. The lowest BCUT2D eigenvalue weighted by Crippen LogP contribution is -2.16. The van der Waals surface area contributed by atoms with E-state index in [9.17, 15) is 4.79 Å². The van der Waals surface area contributed by atoms with Crippen molar-refractivity contribution in [1.29, 1.82) is 0 Å². The Labute approximate surface area is 119 Å². The second kappa shape index (κ2) is 9.34. The molecule has 0 saturated heterocycles. The van der Waals surface area contributed by atoms with Crippen molar-refractivity contribution >= 4 is 6.16 Å². The van der Waals surface area contributed by atoms with E-state index >= 15 is 0 Å². The Hall–Kier alpha value is -1.59. The van der Waals surface area contributed by atoms with Crippen LogP contribution in [0.1, 0.15) is 18.1 Å². The lowest BCUT2D eigenvalue weighted by molar-refractivity contribution is 0.0232. The van der Waals surface area contributed by atoms with Crippen molar-refractivity contribution in [3.63, 3.8) is 0 Å². The summed E-state index contributed by atoms with van der Waals surface area (Å²) in [5, 5.41) is 0. The first-order valence-electron chi connectivity index (χ1n) is 6.71. The van der Waals surface area contributed by atoms with Gasteiger partial charge in [-0.3, -0.25) is 0 Å².